The minimum atomic E-state index is -0.305. The Morgan fingerprint density at radius 1 is 1.42 bits per heavy atom. The highest BCUT2D eigenvalue weighted by atomic mass is 35.5. The standard InChI is InChI=1S/C15H19ClFNO/c1-11(16)12-6-8-18(9-7-12)15(19)10-13-4-2-3-5-14(13)17/h2-5,11-12H,6-10H2,1H3. The molecule has 1 atom stereocenters. The Balaban J connectivity index is 1.90. The van der Waals surface area contributed by atoms with Crippen LogP contribution in [-0.2, 0) is 11.2 Å². The van der Waals surface area contributed by atoms with Gasteiger partial charge in [-0.2, -0.15) is 0 Å². The second-order valence-electron chi connectivity index (χ2n) is 5.16. The van der Waals surface area contributed by atoms with Gasteiger partial charge in [0.15, 0.2) is 0 Å². The molecule has 1 saturated heterocycles. The minimum absolute atomic E-state index is 0.00535. The third-order valence-electron chi connectivity index (χ3n) is 3.84. The Hall–Kier alpha value is -1.09. The van der Waals surface area contributed by atoms with Crippen molar-refractivity contribution in [3.63, 3.8) is 0 Å². The number of carbonyl (C=O) groups is 1. The number of likely N-dealkylation sites (tertiary alicyclic amines) is 1. The summed E-state index contributed by atoms with van der Waals surface area (Å²) in [6.07, 6.45) is 2.02. The van der Waals surface area contributed by atoms with Crippen molar-refractivity contribution < 1.29 is 9.18 Å². The summed E-state index contributed by atoms with van der Waals surface area (Å²) in [5.41, 5.74) is 0.473. The van der Waals surface area contributed by atoms with Gasteiger partial charge in [-0.3, -0.25) is 4.79 Å². The van der Waals surface area contributed by atoms with Crippen LogP contribution >= 0.6 is 11.6 Å². The monoisotopic (exact) mass is 283 g/mol. The van der Waals surface area contributed by atoms with Gasteiger partial charge in [0, 0.05) is 18.5 Å². The van der Waals surface area contributed by atoms with Gasteiger partial charge in [0.05, 0.1) is 6.42 Å². The quantitative estimate of drug-likeness (QED) is 0.780. The smallest absolute Gasteiger partial charge is 0.227 e. The molecule has 1 heterocycles. The zero-order valence-electron chi connectivity index (χ0n) is 11.1. The maximum Gasteiger partial charge on any atom is 0.227 e. The summed E-state index contributed by atoms with van der Waals surface area (Å²) in [4.78, 5) is 13.9. The van der Waals surface area contributed by atoms with E-state index in [2.05, 4.69) is 0 Å². The highest BCUT2D eigenvalue weighted by Crippen LogP contribution is 2.24. The molecular weight excluding hydrogens is 265 g/mol. The molecule has 0 bridgehead atoms. The molecule has 1 aliphatic heterocycles. The molecule has 2 nitrogen and oxygen atoms in total. The predicted molar refractivity (Wildman–Crippen MR) is 74.7 cm³/mol. The molecule has 0 radical (unpaired) electrons. The summed E-state index contributed by atoms with van der Waals surface area (Å²) in [6, 6.07) is 6.45. The zero-order chi connectivity index (χ0) is 13.8. The summed E-state index contributed by atoms with van der Waals surface area (Å²) in [5.74, 6) is 0.185. The van der Waals surface area contributed by atoms with Crippen LogP contribution in [0.25, 0.3) is 0 Å². The Bertz CT molecular complexity index is 442. The van der Waals surface area contributed by atoms with Crippen molar-refractivity contribution in [2.45, 2.75) is 31.6 Å². The van der Waals surface area contributed by atoms with Crippen LogP contribution in [0.1, 0.15) is 25.3 Å². The van der Waals surface area contributed by atoms with E-state index in [0.717, 1.165) is 25.9 Å². The Morgan fingerprint density at radius 2 is 2.05 bits per heavy atom. The largest absolute Gasteiger partial charge is 0.342 e. The van der Waals surface area contributed by atoms with Gasteiger partial charge >= 0.3 is 0 Å². The van der Waals surface area contributed by atoms with Crippen molar-refractivity contribution in [2.75, 3.05) is 13.1 Å². The zero-order valence-corrected chi connectivity index (χ0v) is 11.9. The number of amides is 1. The minimum Gasteiger partial charge on any atom is -0.342 e. The average Bonchev–Trinajstić information content (AvgIpc) is 2.41. The normalized spacial score (nSPS) is 18.4. The first-order valence-electron chi connectivity index (χ1n) is 6.73. The SMILES string of the molecule is CC(Cl)C1CCN(C(=O)Cc2ccccc2F)CC1. The van der Waals surface area contributed by atoms with Gasteiger partial charge in [0.1, 0.15) is 5.82 Å². The van der Waals surface area contributed by atoms with E-state index in [1.165, 1.54) is 6.07 Å². The van der Waals surface area contributed by atoms with Gasteiger partial charge in [-0.05, 0) is 37.3 Å². The molecule has 1 fully saturated rings. The third kappa shape index (κ3) is 3.69. The summed E-state index contributed by atoms with van der Waals surface area (Å²) < 4.78 is 13.5. The first kappa shape index (κ1) is 14.3. The van der Waals surface area contributed by atoms with Crippen LogP contribution in [0.4, 0.5) is 4.39 Å². The van der Waals surface area contributed by atoms with Crippen LogP contribution in [0.5, 0.6) is 0 Å². The second-order valence-corrected chi connectivity index (χ2v) is 5.85. The highest BCUT2D eigenvalue weighted by Gasteiger charge is 2.25. The van der Waals surface area contributed by atoms with Crippen LogP contribution < -0.4 is 0 Å². The van der Waals surface area contributed by atoms with Gasteiger partial charge in [-0.25, -0.2) is 4.39 Å². The van der Waals surface area contributed by atoms with Crippen molar-refractivity contribution in [2.24, 2.45) is 5.92 Å². The van der Waals surface area contributed by atoms with Crippen LogP contribution in [-0.4, -0.2) is 29.3 Å². The van der Waals surface area contributed by atoms with Crippen LogP contribution in [0.2, 0.25) is 0 Å². The highest BCUT2D eigenvalue weighted by molar-refractivity contribution is 6.20. The van der Waals surface area contributed by atoms with Crippen LogP contribution in [0.15, 0.2) is 24.3 Å². The van der Waals surface area contributed by atoms with Crippen molar-refractivity contribution in [3.05, 3.63) is 35.6 Å². The van der Waals surface area contributed by atoms with E-state index in [1.54, 1.807) is 18.2 Å². The number of piperidine rings is 1. The van der Waals surface area contributed by atoms with Gasteiger partial charge in [0.25, 0.3) is 0 Å². The molecular formula is C15H19ClFNO. The Morgan fingerprint density at radius 3 is 2.63 bits per heavy atom. The summed E-state index contributed by atoms with van der Waals surface area (Å²) in [5, 5.41) is 0.156. The maximum absolute atomic E-state index is 13.5. The fourth-order valence-electron chi connectivity index (χ4n) is 2.52. The fourth-order valence-corrected chi connectivity index (χ4v) is 2.78. The fraction of sp³-hybridized carbons (Fsp3) is 0.533. The summed E-state index contributed by atoms with van der Waals surface area (Å²) in [6.45, 7) is 3.47. The van der Waals surface area contributed by atoms with E-state index in [1.807, 2.05) is 11.8 Å². The number of hydrogen-bond acceptors (Lipinski definition) is 1. The number of nitrogens with zero attached hydrogens (tertiary/aromatic N) is 1. The maximum atomic E-state index is 13.5. The number of benzene rings is 1. The van der Waals surface area contributed by atoms with E-state index in [9.17, 15) is 9.18 Å². The van der Waals surface area contributed by atoms with Crippen molar-refractivity contribution in [1.29, 1.82) is 0 Å². The molecule has 0 N–H and O–H groups in total. The van der Waals surface area contributed by atoms with Crippen LogP contribution in [0, 0.1) is 11.7 Å². The second kappa shape index (κ2) is 6.38. The molecule has 4 heteroatoms. The molecule has 1 unspecified atom stereocenters. The van der Waals surface area contributed by atoms with Gasteiger partial charge in [0.2, 0.25) is 5.91 Å². The average molecular weight is 284 g/mol. The van der Waals surface area contributed by atoms with Crippen molar-refractivity contribution >= 4 is 17.5 Å². The van der Waals surface area contributed by atoms with E-state index >= 15 is 0 Å². The lowest BCUT2D eigenvalue weighted by Gasteiger charge is -2.33. The van der Waals surface area contributed by atoms with Gasteiger partial charge < -0.3 is 4.90 Å². The van der Waals surface area contributed by atoms with Crippen molar-refractivity contribution in [1.82, 2.24) is 4.90 Å². The molecule has 1 aromatic rings. The molecule has 0 aromatic heterocycles. The third-order valence-corrected chi connectivity index (χ3v) is 4.20. The number of hydrogen-bond donors (Lipinski definition) is 0. The number of alkyl halides is 1. The molecule has 19 heavy (non-hydrogen) atoms. The lowest BCUT2D eigenvalue weighted by molar-refractivity contribution is -0.131. The number of carbonyl (C=O) groups excluding carboxylic acids is 1. The number of halogens is 2. The van der Waals surface area contributed by atoms with Crippen LogP contribution in [0.3, 0.4) is 0 Å². The molecule has 1 aliphatic rings. The lowest BCUT2D eigenvalue weighted by Crippen LogP contribution is -2.40. The van der Waals surface area contributed by atoms with Gasteiger partial charge in [-0.15, -0.1) is 11.6 Å². The molecule has 1 aromatic carbocycles. The Labute approximate surface area is 118 Å². The molecule has 104 valence electrons. The molecule has 0 spiro atoms. The topological polar surface area (TPSA) is 20.3 Å². The van der Waals surface area contributed by atoms with E-state index < -0.39 is 0 Å². The first-order chi connectivity index (χ1) is 9.08. The summed E-state index contributed by atoms with van der Waals surface area (Å²) >= 11 is 6.08. The lowest BCUT2D eigenvalue weighted by atomic mass is 9.93. The van der Waals surface area contributed by atoms with Gasteiger partial charge in [-0.1, -0.05) is 18.2 Å². The van der Waals surface area contributed by atoms with E-state index in [-0.39, 0.29) is 23.5 Å². The Kier molecular flexibility index (Phi) is 4.81. The first-order valence-corrected chi connectivity index (χ1v) is 7.17. The number of rotatable bonds is 3. The molecule has 0 saturated carbocycles. The van der Waals surface area contributed by atoms with E-state index in [0.29, 0.717) is 11.5 Å². The van der Waals surface area contributed by atoms with E-state index in [4.69, 9.17) is 11.6 Å². The molecule has 2 rings (SSSR count). The summed E-state index contributed by atoms with van der Waals surface area (Å²) in [7, 11) is 0. The molecule has 0 aliphatic carbocycles. The predicted octanol–water partition coefficient (Wildman–Crippen LogP) is 3.23. The molecule has 1 amide bonds. The van der Waals surface area contributed by atoms with Crippen molar-refractivity contribution in [3.8, 4) is 0 Å².